The van der Waals surface area contributed by atoms with Crippen LogP contribution in [0.4, 0.5) is 18.4 Å². The number of anilines is 1. The highest BCUT2D eigenvalue weighted by molar-refractivity contribution is 7.92. The zero-order chi connectivity index (χ0) is 29.1. The lowest BCUT2D eigenvalue weighted by Crippen LogP contribution is -2.47. The summed E-state index contributed by atoms with van der Waals surface area (Å²) < 4.78 is 39.8. The zero-order valence-corrected chi connectivity index (χ0v) is 23.4. The van der Waals surface area contributed by atoms with Crippen LogP contribution in [0.2, 0.25) is 0 Å². The largest absolute Gasteiger partial charge is 0.387 e. The van der Waals surface area contributed by atoms with Crippen LogP contribution in [0.15, 0.2) is 30.6 Å². The summed E-state index contributed by atoms with van der Waals surface area (Å²) in [6.45, 7) is 8.50. The number of fused-ring (bicyclic) bond motifs is 1. The number of hydrogen-bond acceptors (Lipinski definition) is 7. The van der Waals surface area contributed by atoms with Gasteiger partial charge in [-0.3, -0.25) is 15.0 Å². The second kappa shape index (κ2) is 15.1. The van der Waals surface area contributed by atoms with Gasteiger partial charge in [-0.2, -0.15) is 0 Å². The van der Waals surface area contributed by atoms with E-state index in [1.807, 2.05) is 27.7 Å². The third-order valence-electron chi connectivity index (χ3n) is 5.67. The SMILES string of the molecule is CC.CCC[C@H](C)NC(=O)c1cn(SF)c2ncc(C(=N)c3ccc(F)cc3NC)nc12.O=CN1CC(F)C1. The van der Waals surface area contributed by atoms with Crippen LogP contribution in [0.1, 0.15) is 62.2 Å². The highest BCUT2D eigenvalue weighted by atomic mass is 32.2. The number of benzene rings is 1. The Bertz CT molecular complexity index is 1280. The van der Waals surface area contributed by atoms with Crippen molar-refractivity contribution < 1.29 is 22.3 Å². The highest BCUT2D eigenvalue weighted by Gasteiger charge is 2.24. The van der Waals surface area contributed by atoms with Crippen molar-refractivity contribution in [2.24, 2.45) is 0 Å². The fourth-order valence-electron chi connectivity index (χ4n) is 3.73. The predicted molar refractivity (Wildman–Crippen MR) is 149 cm³/mol. The molecule has 39 heavy (non-hydrogen) atoms. The first-order chi connectivity index (χ1) is 18.7. The van der Waals surface area contributed by atoms with Crippen molar-refractivity contribution in [2.45, 2.75) is 52.8 Å². The lowest BCUT2D eigenvalue weighted by Gasteiger charge is -2.29. The molecule has 0 radical (unpaired) electrons. The Morgan fingerprint density at radius 1 is 1.31 bits per heavy atom. The first-order valence-corrected chi connectivity index (χ1v) is 13.3. The molecule has 0 bridgehead atoms. The van der Waals surface area contributed by atoms with E-state index >= 15 is 0 Å². The maximum Gasteiger partial charge on any atom is 0.255 e. The molecule has 0 saturated carbocycles. The van der Waals surface area contributed by atoms with Gasteiger partial charge in [0.2, 0.25) is 6.41 Å². The van der Waals surface area contributed by atoms with E-state index in [-0.39, 0.29) is 52.4 Å². The Morgan fingerprint density at radius 2 is 2.00 bits per heavy atom. The summed E-state index contributed by atoms with van der Waals surface area (Å²) in [5, 5.41) is 14.2. The molecule has 3 aromatic rings. The molecule has 3 heterocycles. The Balaban J connectivity index is 0.000000507. The fourth-order valence-corrected chi connectivity index (χ4v) is 4.08. The summed E-state index contributed by atoms with van der Waals surface area (Å²) in [5.41, 5.74) is 1.58. The van der Waals surface area contributed by atoms with E-state index in [1.54, 1.807) is 7.05 Å². The number of halogens is 3. The minimum atomic E-state index is -0.759. The highest BCUT2D eigenvalue weighted by Crippen LogP contribution is 2.25. The number of rotatable bonds is 9. The maximum absolute atomic E-state index is 13.5. The lowest BCUT2D eigenvalue weighted by atomic mass is 10.1. The predicted octanol–water partition coefficient (Wildman–Crippen LogP) is 5.15. The van der Waals surface area contributed by atoms with Crippen molar-refractivity contribution in [1.82, 2.24) is 24.2 Å². The summed E-state index contributed by atoms with van der Waals surface area (Å²) in [4.78, 5) is 32.5. The van der Waals surface area contributed by atoms with Crippen LogP contribution in [-0.4, -0.2) is 69.2 Å². The average Bonchev–Trinajstić information content (AvgIpc) is 3.30. The summed E-state index contributed by atoms with van der Waals surface area (Å²) in [6.07, 6.45) is 4.30. The molecule has 3 N–H and O–H groups in total. The standard InChI is InChI=1S/C20H22F2N6OS.C4H6FNO.C2H6/c1-4-5-11(2)26-20(29)14-10-28(30-22)19-18(14)27-16(9-25-19)17(23)13-7-6-12(21)8-15(13)24-3;5-4-1-6(2-4)3-7;1-2/h6-11,23-24H,4-5H2,1-3H3,(H,26,29);3-4H,1-2H2;1-2H3/t11-;;/m0../s1. The monoisotopic (exact) mass is 565 g/mol. The van der Waals surface area contributed by atoms with Crippen LogP contribution in [-0.2, 0) is 4.79 Å². The fraction of sp³-hybridized carbons (Fsp3) is 0.423. The van der Waals surface area contributed by atoms with Gasteiger partial charge in [-0.1, -0.05) is 27.2 Å². The van der Waals surface area contributed by atoms with E-state index in [9.17, 15) is 22.3 Å². The number of hydrogen-bond donors (Lipinski definition) is 3. The third-order valence-corrected chi connectivity index (χ3v) is 6.10. The average molecular weight is 566 g/mol. The minimum absolute atomic E-state index is 0.000103. The summed E-state index contributed by atoms with van der Waals surface area (Å²) in [7, 11) is 1.62. The van der Waals surface area contributed by atoms with E-state index in [2.05, 4.69) is 20.6 Å². The number of nitrogens with one attached hydrogen (secondary N) is 3. The summed E-state index contributed by atoms with van der Waals surface area (Å²) in [6, 6.07) is 3.95. The van der Waals surface area contributed by atoms with Crippen molar-refractivity contribution in [3.63, 3.8) is 0 Å². The number of aromatic nitrogens is 3. The quantitative estimate of drug-likeness (QED) is 0.244. The van der Waals surface area contributed by atoms with Crippen molar-refractivity contribution in [2.75, 3.05) is 25.5 Å². The van der Waals surface area contributed by atoms with Crippen molar-refractivity contribution in [3.8, 4) is 0 Å². The van der Waals surface area contributed by atoms with Gasteiger partial charge in [0.15, 0.2) is 18.0 Å². The van der Waals surface area contributed by atoms with Crippen LogP contribution in [0, 0.1) is 11.2 Å². The number of carbonyl (C=O) groups is 2. The van der Waals surface area contributed by atoms with Gasteiger partial charge in [0.05, 0.1) is 30.6 Å². The van der Waals surface area contributed by atoms with Gasteiger partial charge in [-0.05, 0) is 31.5 Å². The minimum Gasteiger partial charge on any atom is -0.387 e. The molecule has 1 atom stereocenters. The van der Waals surface area contributed by atoms with Gasteiger partial charge < -0.3 is 15.5 Å². The molecule has 1 saturated heterocycles. The normalized spacial score (nSPS) is 13.3. The Morgan fingerprint density at radius 3 is 2.54 bits per heavy atom. The topological polar surface area (TPSA) is 116 Å². The van der Waals surface area contributed by atoms with Crippen LogP contribution in [0.25, 0.3) is 11.2 Å². The molecule has 1 aromatic carbocycles. The van der Waals surface area contributed by atoms with Crippen molar-refractivity contribution in [3.05, 3.63) is 53.2 Å². The second-order valence-electron chi connectivity index (χ2n) is 8.50. The van der Waals surface area contributed by atoms with Crippen molar-refractivity contribution in [1.29, 1.82) is 5.41 Å². The molecule has 1 fully saturated rings. The van der Waals surface area contributed by atoms with Crippen LogP contribution in [0.5, 0.6) is 0 Å². The van der Waals surface area contributed by atoms with E-state index in [1.165, 1.54) is 35.5 Å². The summed E-state index contributed by atoms with van der Waals surface area (Å²) in [5.74, 6) is -0.820. The Kier molecular flexibility index (Phi) is 12.2. The van der Waals surface area contributed by atoms with Crippen molar-refractivity contribution >= 4 is 47.2 Å². The Labute approximate surface area is 230 Å². The first kappa shape index (κ1) is 31.6. The van der Waals surface area contributed by atoms with E-state index < -0.39 is 12.0 Å². The molecular weight excluding hydrogens is 531 g/mol. The molecule has 2 amide bonds. The molecular formula is C26H34F3N7O2S. The van der Waals surface area contributed by atoms with E-state index in [0.29, 0.717) is 30.8 Å². The molecule has 1 aliphatic rings. The van der Waals surface area contributed by atoms with Crippen LogP contribution in [0.3, 0.4) is 0 Å². The second-order valence-corrected chi connectivity index (χ2v) is 9.03. The summed E-state index contributed by atoms with van der Waals surface area (Å²) >= 11 is -0.0872. The smallest absolute Gasteiger partial charge is 0.255 e. The molecule has 9 nitrogen and oxygen atoms in total. The third kappa shape index (κ3) is 7.94. The molecule has 1 aliphatic heterocycles. The van der Waals surface area contributed by atoms with Gasteiger partial charge in [0.1, 0.15) is 23.2 Å². The molecule has 0 aliphatic carbocycles. The van der Waals surface area contributed by atoms with Crippen LogP contribution < -0.4 is 10.6 Å². The van der Waals surface area contributed by atoms with Gasteiger partial charge in [0, 0.05) is 30.5 Å². The van der Waals surface area contributed by atoms with Gasteiger partial charge >= 0.3 is 0 Å². The molecule has 2 aromatic heterocycles. The molecule has 0 spiro atoms. The van der Waals surface area contributed by atoms with E-state index in [4.69, 9.17) is 5.41 Å². The number of likely N-dealkylation sites (tertiary alicyclic amines) is 1. The van der Waals surface area contributed by atoms with Gasteiger partial charge in [0.25, 0.3) is 5.91 Å². The molecule has 13 heteroatoms. The maximum atomic E-state index is 13.5. The van der Waals surface area contributed by atoms with E-state index in [0.717, 1.165) is 16.8 Å². The molecule has 4 rings (SSSR count). The van der Waals surface area contributed by atoms with Gasteiger partial charge in [-0.25, -0.2) is 22.7 Å². The van der Waals surface area contributed by atoms with Gasteiger partial charge in [-0.15, -0.1) is 3.89 Å². The number of amides is 2. The number of alkyl halides is 1. The molecule has 0 unspecified atom stereocenters. The number of carbonyl (C=O) groups excluding carboxylic acids is 2. The first-order valence-electron chi connectivity index (χ1n) is 12.6. The molecule has 212 valence electrons. The zero-order valence-electron chi connectivity index (χ0n) is 22.6. The Hall–Kier alpha value is -3.61. The van der Waals surface area contributed by atoms with Crippen LogP contribution >= 0.6 is 12.3 Å². The number of nitrogens with zero attached hydrogens (tertiary/aromatic N) is 4. The lowest BCUT2D eigenvalue weighted by molar-refractivity contribution is -0.124.